The van der Waals surface area contributed by atoms with Crippen molar-refractivity contribution in [3.63, 3.8) is 0 Å². The molecule has 1 amide bonds. The van der Waals surface area contributed by atoms with E-state index in [1.807, 2.05) is 0 Å². The Balaban J connectivity index is 2.62. The number of aromatic amines is 1. The lowest BCUT2D eigenvalue weighted by Gasteiger charge is -2.11. The summed E-state index contributed by atoms with van der Waals surface area (Å²) < 4.78 is 38.5. The lowest BCUT2D eigenvalue weighted by molar-refractivity contribution is -0.137. The molecule has 0 atom stereocenters. The van der Waals surface area contributed by atoms with Crippen LogP contribution < -0.4 is 10.7 Å². The van der Waals surface area contributed by atoms with Gasteiger partial charge < -0.3 is 10.3 Å². The van der Waals surface area contributed by atoms with Gasteiger partial charge in [-0.25, -0.2) is 0 Å². The van der Waals surface area contributed by atoms with Crippen molar-refractivity contribution in [3.8, 4) is 11.1 Å². The highest BCUT2D eigenvalue weighted by Crippen LogP contribution is 2.32. The van der Waals surface area contributed by atoms with Gasteiger partial charge in [0.2, 0.25) is 5.43 Å². The first-order valence-corrected chi connectivity index (χ1v) is 6.93. The molecule has 7 heteroatoms. The molecule has 0 aliphatic rings. The van der Waals surface area contributed by atoms with Crippen LogP contribution in [0.4, 0.5) is 13.2 Å². The predicted molar refractivity (Wildman–Crippen MR) is 80.2 cm³/mol. The Morgan fingerprint density at radius 2 is 2.00 bits per heavy atom. The minimum absolute atomic E-state index is 0.0554. The van der Waals surface area contributed by atoms with Crippen LogP contribution in [0.3, 0.4) is 0 Å². The molecule has 0 aliphatic carbocycles. The van der Waals surface area contributed by atoms with Crippen LogP contribution in [0.1, 0.15) is 28.5 Å². The Morgan fingerprint density at radius 1 is 1.30 bits per heavy atom. The molecule has 2 rings (SSSR count). The maximum absolute atomic E-state index is 12.8. The summed E-state index contributed by atoms with van der Waals surface area (Å²) >= 11 is 0. The number of carbonyl (C=O) groups is 1. The zero-order valence-electron chi connectivity index (χ0n) is 12.5. The minimum Gasteiger partial charge on any atom is -0.364 e. The van der Waals surface area contributed by atoms with E-state index >= 15 is 0 Å². The molecule has 1 heterocycles. The normalized spacial score (nSPS) is 11.3. The third kappa shape index (κ3) is 3.44. The molecule has 2 aromatic rings. The number of aromatic nitrogens is 1. The van der Waals surface area contributed by atoms with Gasteiger partial charge >= 0.3 is 6.18 Å². The molecule has 4 nitrogen and oxygen atoms in total. The summed E-state index contributed by atoms with van der Waals surface area (Å²) in [4.78, 5) is 27.1. The van der Waals surface area contributed by atoms with Crippen LogP contribution in [0.15, 0.2) is 35.3 Å². The highest BCUT2D eigenvalue weighted by atomic mass is 19.4. The Hall–Kier alpha value is -2.57. The van der Waals surface area contributed by atoms with Crippen molar-refractivity contribution in [3.05, 3.63) is 57.5 Å². The number of H-pyrrole nitrogens is 1. The molecular formula is C16H15F3N2O2. The third-order valence-electron chi connectivity index (χ3n) is 3.34. The molecule has 0 saturated heterocycles. The fourth-order valence-electron chi connectivity index (χ4n) is 2.25. The van der Waals surface area contributed by atoms with E-state index in [0.29, 0.717) is 12.2 Å². The molecule has 0 saturated carbocycles. The molecule has 0 unspecified atom stereocenters. The second-order valence-corrected chi connectivity index (χ2v) is 4.97. The average Bonchev–Trinajstić information content (AvgIpc) is 2.47. The SMILES string of the molecule is CCNC(=O)c1c[nH]c(C)c(-c2cccc(C(F)(F)F)c2)c1=O. The van der Waals surface area contributed by atoms with Gasteiger partial charge in [0.25, 0.3) is 5.91 Å². The van der Waals surface area contributed by atoms with Gasteiger partial charge in [-0.05, 0) is 31.5 Å². The second kappa shape index (κ2) is 6.28. The number of hydrogen-bond donors (Lipinski definition) is 2. The van der Waals surface area contributed by atoms with Crippen LogP contribution in [-0.2, 0) is 6.18 Å². The maximum atomic E-state index is 12.8. The van der Waals surface area contributed by atoms with E-state index in [0.717, 1.165) is 12.1 Å². The Kier molecular flexibility index (Phi) is 4.58. The van der Waals surface area contributed by atoms with Crippen LogP contribution in [0.5, 0.6) is 0 Å². The molecular weight excluding hydrogens is 309 g/mol. The quantitative estimate of drug-likeness (QED) is 0.911. The Morgan fingerprint density at radius 3 is 2.61 bits per heavy atom. The van der Waals surface area contributed by atoms with E-state index in [-0.39, 0.29) is 16.7 Å². The number of nitrogens with one attached hydrogen (secondary N) is 2. The fourth-order valence-corrected chi connectivity index (χ4v) is 2.25. The highest BCUT2D eigenvalue weighted by Gasteiger charge is 2.30. The summed E-state index contributed by atoms with van der Waals surface area (Å²) in [5, 5.41) is 2.50. The standard InChI is InChI=1S/C16H15F3N2O2/c1-3-20-15(23)12-8-21-9(2)13(14(12)22)10-5-4-6-11(7-10)16(17,18)19/h4-8H,3H2,1-2H3,(H,20,23)(H,21,22). The molecule has 0 spiro atoms. The monoisotopic (exact) mass is 324 g/mol. The largest absolute Gasteiger partial charge is 0.416 e. The van der Waals surface area contributed by atoms with E-state index < -0.39 is 23.1 Å². The van der Waals surface area contributed by atoms with Gasteiger partial charge in [-0.15, -0.1) is 0 Å². The molecule has 1 aromatic carbocycles. The zero-order chi connectivity index (χ0) is 17.2. The molecule has 0 fully saturated rings. The van der Waals surface area contributed by atoms with Gasteiger partial charge in [-0.3, -0.25) is 9.59 Å². The van der Waals surface area contributed by atoms with Gasteiger partial charge in [0, 0.05) is 24.0 Å². The lowest BCUT2D eigenvalue weighted by atomic mass is 9.99. The fraction of sp³-hybridized carbons (Fsp3) is 0.250. The molecule has 23 heavy (non-hydrogen) atoms. The summed E-state index contributed by atoms with van der Waals surface area (Å²) in [6, 6.07) is 4.48. The number of pyridine rings is 1. The maximum Gasteiger partial charge on any atom is 0.416 e. The number of rotatable bonds is 3. The van der Waals surface area contributed by atoms with Crippen molar-refractivity contribution >= 4 is 5.91 Å². The summed E-state index contributed by atoms with van der Waals surface area (Å²) in [5.74, 6) is -0.568. The highest BCUT2D eigenvalue weighted by molar-refractivity contribution is 5.95. The van der Waals surface area contributed by atoms with Crippen LogP contribution in [0.2, 0.25) is 0 Å². The number of hydrogen-bond acceptors (Lipinski definition) is 2. The Bertz CT molecular complexity index is 795. The number of halogens is 3. The van der Waals surface area contributed by atoms with E-state index in [1.165, 1.54) is 18.3 Å². The molecule has 2 N–H and O–H groups in total. The first kappa shape index (κ1) is 16.8. The van der Waals surface area contributed by atoms with Crippen LogP contribution in [0, 0.1) is 6.92 Å². The molecule has 0 bridgehead atoms. The lowest BCUT2D eigenvalue weighted by Crippen LogP contribution is -2.29. The number of amides is 1. The van der Waals surface area contributed by atoms with Gasteiger partial charge in [0.05, 0.1) is 5.56 Å². The van der Waals surface area contributed by atoms with Crippen molar-refractivity contribution in [2.24, 2.45) is 0 Å². The zero-order valence-corrected chi connectivity index (χ0v) is 12.5. The summed E-state index contributed by atoms with van der Waals surface area (Å²) in [5.41, 5.74) is -1.03. The van der Waals surface area contributed by atoms with Crippen molar-refractivity contribution < 1.29 is 18.0 Å². The van der Waals surface area contributed by atoms with Crippen molar-refractivity contribution in [1.29, 1.82) is 0 Å². The third-order valence-corrected chi connectivity index (χ3v) is 3.34. The molecule has 122 valence electrons. The minimum atomic E-state index is -4.51. The molecule has 0 aliphatic heterocycles. The van der Waals surface area contributed by atoms with Crippen molar-refractivity contribution in [2.75, 3.05) is 6.54 Å². The van der Waals surface area contributed by atoms with Crippen LogP contribution >= 0.6 is 0 Å². The molecule has 0 radical (unpaired) electrons. The average molecular weight is 324 g/mol. The van der Waals surface area contributed by atoms with Crippen molar-refractivity contribution in [2.45, 2.75) is 20.0 Å². The van der Waals surface area contributed by atoms with E-state index in [9.17, 15) is 22.8 Å². The predicted octanol–water partition coefficient (Wildman–Crippen LogP) is 3.12. The Labute approximate surface area is 130 Å². The second-order valence-electron chi connectivity index (χ2n) is 4.97. The van der Waals surface area contributed by atoms with E-state index in [2.05, 4.69) is 10.3 Å². The summed E-state index contributed by atoms with van der Waals surface area (Å²) in [6.45, 7) is 3.61. The van der Waals surface area contributed by atoms with Crippen molar-refractivity contribution in [1.82, 2.24) is 10.3 Å². The van der Waals surface area contributed by atoms with Gasteiger partial charge in [-0.2, -0.15) is 13.2 Å². The topological polar surface area (TPSA) is 62.0 Å². The number of benzene rings is 1. The van der Waals surface area contributed by atoms with Crippen LogP contribution in [-0.4, -0.2) is 17.4 Å². The van der Waals surface area contributed by atoms with Gasteiger partial charge in [-0.1, -0.05) is 12.1 Å². The van der Waals surface area contributed by atoms with Gasteiger partial charge in [0.1, 0.15) is 5.56 Å². The molecule has 1 aromatic heterocycles. The van der Waals surface area contributed by atoms with Crippen LogP contribution in [0.25, 0.3) is 11.1 Å². The first-order chi connectivity index (χ1) is 10.8. The number of carbonyl (C=O) groups excluding carboxylic acids is 1. The van der Waals surface area contributed by atoms with E-state index in [4.69, 9.17) is 0 Å². The summed E-state index contributed by atoms with van der Waals surface area (Å²) in [7, 11) is 0. The summed E-state index contributed by atoms with van der Waals surface area (Å²) in [6.07, 6.45) is -3.24. The number of aryl methyl sites for hydroxylation is 1. The van der Waals surface area contributed by atoms with Gasteiger partial charge in [0.15, 0.2) is 0 Å². The first-order valence-electron chi connectivity index (χ1n) is 6.93. The van der Waals surface area contributed by atoms with E-state index in [1.54, 1.807) is 13.8 Å². The smallest absolute Gasteiger partial charge is 0.364 e. The number of alkyl halides is 3.